The normalized spacial score (nSPS) is 20.6. The topological polar surface area (TPSA) is 154 Å². The molecule has 1 aliphatic heterocycles. The number of carbonyl (C=O) groups excluding carboxylic acids is 1. The summed E-state index contributed by atoms with van der Waals surface area (Å²) >= 11 is 0. The molecule has 2 aromatic heterocycles. The molecule has 0 aliphatic carbocycles. The molecule has 0 bridgehead atoms. The van der Waals surface area contributed by atoms with Crippen LogP contribution in [-0.2, 0) is 16.0 Å². The van der Waals surface area contributed by atoms with E-state index in [0.29, 0.717) is 17.5 Å². The molecule has 198 valence electrons. The van der Waals surface area contributed by atoms with Gasteiger partial charge in [0.05, 0.1) is 31.5 Å². The Balaban J connectivity index is 1.72. The van der Waals surface area contributed by atoms with Gasteiger partial charge in [0.1, 0.15) is 11.8 Å². The molecule has 14 heteroatoms. The van der Waals surface area contributed by atoms with Crippen LogP contribution in [0.3, 0.4) is 0 Å². The summed E-state index contributed by atoms with van der Waals surface area (Å²) in [6, 6.07) is 9.33. The van der Waals surface area contributed by atoms with Crippen molar-refractivity contribution in [2.45, 2.75) is 50.7 Å². The van der Waals surface area contributed by atoms with Gasteiger partial charge >= 0.3 is 17.7 Å². The van der Waals surface area contributed by atoms with Crippen molar-refractivity contribution in [2.24, 2.45) is 0 Å². The highest BCUT2D eigenvalue weighted by atomic mass is 19.3. The van der Waals surface area contributed by atoms with Crippen LogP contribution in [0.4, 0.5) is 19.4 Å². The smallest absolute Gasteiger partial charge is 0.412 e. The molecule has 1 unspecified atom stereocenters. The quantitative estimate of drug-likeness (QED) is 0.358. The summed E-state index contributed by atoms with van der Waals surface area (Å²) in [4.78, 5) is 28.8. The fraction of sp³-hybridized carbons (Fsp3) is 0.435. The van der Waals surface area contributed by atoms with E-state index in [2.05, 4.69) is 20.6 Å². The Morgan fingerprint density at radius 2 is 2.03 bits per heavy atom. The Kier molecular flexibility index (Phi) is 7.90. The maximum atomic E-state index is 14.8. The number of ether oxygens (including phenoxy) is 2. The lowest BCUT2D eigenvalue weighted by Gasteiger charge is -2.22. The van der Waals surface area contributed by atoms with Gasteiger partial charge in [-0.3, -0.25) is 9.88 Å². The maximum absolute atomic E-state index is 14.8. The van der Waals surface area contributed by atoms with Gasteiger partial charge in [0.15, 0.2) is 11.9 Å². The average molecular weight is 520 g/mol. The lowest BCUT2D eigenvalue weighted by molar-refractivity contribution is -0.140. The predicted octanol–water partition coefficient (Wildman–Crippen LogP) is 1.78. The number of aliphatic hydroxyl groups excluding tert-OH is 2. The molecule has 3 N–H and O–H groups in total. The molecule has 4 rings (SSSR count). The van der Waals surface area contributed by atoms with E-state index in [1.807, 2.05) is 37.3 Å². The summed E-state index contributed by atoms with van der Waals surface area (Å²) in [5.74, 6) is -4.20. The van der Waals surface area contributed by atoms with Gasteiger partial charge in [-0.25, -0.2) is 14.3 Å². The highest BCUT2D eigenvalue weighted by Gasteiger charge is 2.59. The molecular formula is C23H26F2N6O6. The molecule has 0 saturated carbocycles. The summed E-state index contributed by atoms with van der Waals surface area (Å²) in [5, 5.41) is 29.6. The minimum Gasteiger partial charge on any atom is -0.449 e. The van der Waals surface area contributed by atoms with Gasteiger partial charge in [-0.2, -0.15) is 13.8 Å². The van der Waals surface area contributed by atoms with Crippen molar-refractivity contribution in [3.8, 4) is 11.3 Å². The lowest BCUT2D eigenvalue weighted by atomic mass is 10.1. The molecule has 1 amide bonds. The molecule has 1 fully saturated rings. The second kappa shape index (κ2) is 11.1. The van der Waals surface area contributed by atoms with E-state index in [4.69, 9.17) is 9.47 Å². The first-order valence-electron chi connectivity index (χ1n) is 11.6. The van der Waals surface area contributed by atoms with Crippen LogP contribution in [0.5, 0.6) is 0 Å². The minimum absolute atomic E-state index is 0.0207. The molecule has 0 radical (unpaired) electrons. The number of rotatable bonds is 9. The van der Waals surface area contributed by atoms with Crippen LogP contribution in [0, 0.1) is 0 Å². The lowest BCUT2D eigenvalue weighted by Crippen LogP contribution is -2.42. The standard InChI is InChI=1S/C23H26F2N6O6/c1-2-3-9-36-22(35)27-19-15(16-12-30(29-28-16)10-14-7-5-4-6-8-14)11-31(21(34)26-19)20-23(24,25)18(33)17(13-32)37-20/h4-8,11-12,17-18,20,32-33H,2-3,9-10,13H2,1H3,(H,26,27,34,35)/t17-,18?,20-/m1/s1. The largest absolute Gasteiger partial charge is 0.449 e. The number of benzene rings is 1. The molecule has 1 saturated heterocycles. The summed E-state index contributed by atoms with van der Waals surface area (Å²) < 4.78 is 41.7. The van der Waals surface area contributed by atoms with Crippen LogP contribution in [0.2, 0.25) is 0 Å². The number of nitrogens with zero attached hydrogens (tertiary/aromatic N) is 5. The zero-order valence-electron chi connectivity index (χ0n) is 19.8. The zero-order valence-corrected chi connectivity index (χ0v) is 19.8. The fourth-order valence-electron chi connectivity index (χ4n) is 3.75. The number of nitrogens with one attached hydrogen (secondary N) is 1. The second-order valence-electron chi connectivity index (χ2n) is 8.42. The molecule has 1 aliphatic rings. The number of aromatic nitrogens is 5. The Hall–Kier alpha value is -3.75. The molecule has 3 aromatic rings. The SMILES string of the molecule is CCCCOC(=O)Nc1nc(=O)n([C@@H]2O[C@H](CO)C(O)C2(F)F)cc1-c1cn(Cc2ccccc2)nn1. The molecule has 37 heavy (non-hydrogen) atoms. The zero-order chi connectivity index (χ0) is 26.6. The van der Waals surface area contributed by atoms with Crippen molar-refractivity contribution in [1.29, 1.82) is 0 Å². The van der Waals surface area contributed by atoms with Crippen LogP contribution in [0.25, 0.3) is 11.3 Å². The van der Waals surface area contributed by atoms with Crippen LogP contribution in [0.1, 0.15) is 31.6 Å². The molecular weight excluding hydrogens is 494 g/mol. The Labute approximate surface area is 209 Å². The summed E-state index contributed by atoms with van der Waals surface area (Å²) in [7, 11) is 0. The van der Waals surface area contributed by atoms with Crippen LogP contribution >= 0.6 is 0 Å². The van der Waals surface area contributed by atoms with Gasteiger partial charge < -0.3 is 19.7 Å². The van der Waals surface area contributed by atoms with Crippen molar-refractivity contribution in [3.05, 3.63) is 58.8 Å². The number of amides is 1. The van der Waals surface area contributed by atoms with Gasteiger partial charge in [-0.1, -0.05) is 48.9 Å². The van der Waals surface area contributed by atoms with Gasteiger partial charge in [0.25, 0.3) is 0 Å². The molecule has 1 aromatic carbocycles. The second-order valence-corrected chi connectivity index (χ2v) is 8.42. The highest BCUT2D eigenvalue weighted by molar-refractivity contribution is 5.88. The van der Waals surface area contributed by atoms with E-state index in [9.17, 15) is 28.6 Å². The maximum Gasteiger partial charge on any atom is 0.412 e. The number of anilines is 1. The number of unbranched alkanes of at least 4 members (excludes halogenated alkanes) is 1. The van der Waals surface area contributed by atoms with Crippen molar-refractivity contribution in [2.75, 3.05) is 18.5 Å². The number of hydrogen-bond acceptors (Lipinski definition) is 9. The van der Waals surface area contributed by atoms with Crippen molar-refractivity contribution >= 4 is 11.9 Å². The first-order valence-corrected chi connectivity index (χ1v) is 11.6. The number of alkyl halides is 2. The Bertz CT molecular complexity index is 1280. The summed E-state index contributed by atoms with van der Waals surface area (Å²) in [6.07, 6.45) is -3.24. The number of halogens is 2. The van der Waals surface area contributed by atoms with E-state index in [1.165, 1.54) is 10.9 Å². The van der Waals surface area contributed by atoms with Crippen molar-refractivity contribution < 1.29 is 33.3 Å². The van der Waals surface area contributed by atoms with Crippen molar-refractivity contribution in [3.63, 3.8) is 0 Å². The first kappa shape index (κ1) is 26.3. The van der Waals surface area contributed by atoms with Crippen LogP contribution in [0.15, 0.2) is 47.5 Å². The average Bonchev–Trinajstić information content (AvgIpc) is 3.42. The summed E-state index contributed by atoms with van der Waals surface area (Å²) in [5.41, 5.74) is -0.183. The number of carbonyl (C=O) groups is 1. The van der Waals surface area contributed by atoms with E-state index in [1.54, 1.807) is 0 Å². The first-order chi connectivity index (χ1) is 17.7. The third kappa shape index (κ3) is 5.65. The Morgan fingerprint density at radius 1 is 1.27 bits per heavy atom. The molecule has 0 spiro atoms. The van der Waals surface area contributed by atoms with Gasteiger partial charge in [0.2, 0.25) is 6.23 Å². The van der Waals surface area contributed by atoms with Crippen molar-refractivity contribution in [1.82, 2.24) is 24.5 Å². The molecule has 3 heterocycles. The van der Waals surface area contributed by atoms with E-state index in [-0.39, 0.29) is 23.7 Å². The van der Waals surface area contributed by atoms with Gasteiger partial charge in [-0.05, 0) is 12.0 Å². The van der Waals surface area contributed by atoms with Crippen LogP contribution in [-0.4, -0.2) is 72.2 Å². The molecule has 3 atom stereocenters. The van der Waals surface area contributed by atoms with Crippen LogP contribution < -0.4 is 11.0 Å². The van der Waals surface area contributed by atoms with E-state index >= 15 is 0 Å². The highest BCUT2D eigenvalue weighted by Crippen LogP contribution is 2.42. The fourth-order valence-corrected chi connectivity index (χ4v) is 3.75. The van der Waals surface area contributed by atoms with Gasteiger partial charge in [-0.15, -0.1) is 5.10 Å². The Morgan fingerprint density at radius 3 is 2.70 bits per heavy atom. The number of hydrogen-bond donors (Lipinski definition) is 3. The van der Waals surface area contributed by atoms with E-state index < -0.39 is 42.7 Å². The van der Waals surface area contributed by atoms with E-state index in [0.717, 1.165) is 18.2 Å². The summed E-state index contributed by atoms with van der Waals surface area (Å²) in [6.45, 7) is 1.50. The minimum atomic E-state index is -3.92. The monoisotopic (exact) mass is 520 g/mol. The predicted molar refractivity (Wildman–Crippen MR) is 125 cm³/mol. The molecule has 12 nitrogen and oxygen atoms in total. The number of aliphatic hydroxyl groups is 2. The van der Waals surface area contributed by atoms with Gasteiger partial charge in [0, 0.05) is 6.20 Å². The third-order valence-corrected chi connectivity index (χ3v) is 5.72. The third-order valence-electron chi connectivity index (χ3n) is 5.72.